The molecule has 0 aliphatic heterocycles. The molecule has 14 aromatic rings. The Bertz CT molecular complexity index is 4240. The first kappa shape index (κ1) is 39.4. The van der Waals surface area contributed by atoms with Gasteiger partial charge in [-0.2, -0.15) is 0 Å². The molecule has 0 unspecified atom stereocenters. The summed E-state index contributed by atoms with van der Waals surface area (Å²) in [5.41, 5.74) is 14.0. The van der Waals surface area contributed by atoms with E-state index in [1.54, 1.807) is 0 Å². The summed E-state index contributed by atoms with van der Waals surface area (Å²) in [7, 11) is 0. The summed E-state index contributed by atoms with van der Waals surface area (Å²) < 4.78 is 5.08. The molecule has 0 spiro atoms. The van der Waals surface area contributed by atoms with Crippen LogP contribution in [0.5, 0.6) is 0 Å². The molecule has 0 radical (unpaired) electrons. The Labute approximate surface area is 403 Å². The van der Waals surface area contributed by atoms with E-state index < -0.39 is 0 Å². The van der Waals surface area contributed by atoms with Crippen molar-refractivity contribution < 1.29 is 0 Å². The average molecular weight is 895 g/mol. The maximum absolute atomic E-state index is 2.42. The molecule has 12 aromatic carbocycles. The van der Waals surface area contributed by atoms with Crippen LogP contribution in [-0.2, 0) is 0 Å². The molecule has 2 heterocycles. The SMILES string of the molecule is c1ccc(-n2c3ccccc3c3ccccc32)c(-c2ccc(N(c3ccc(-c4ccc5c(ccc6ccccc65)c4)cc3)c3ccc(-c4ccc5c(c4)sc4c6ccccc6ccc54)cc3)cc2)c1. The van der Waals surface area contributed by atoms with Gasteiger partial charge >= 0.3 is 0 Å². The molecule has 322 valence electrons. The fourth-order valence-corrected chi connectivity index (χ4v) is 12.1. The van der Waals surface area contributed by atoms with Crippen molar-refractivity contribution in [3.8, 4) is 39.1 Å². The van der Waals surface area contributed by atoms with Crippen LogP contribution in [0.3, 0.4) is 0 Å². The molecule has 0 saturated carbocycles. The van der Waals surface area contributed by atoms with Gasteiger partial charge in [0, 0.05) is 53.6 Å². The van der Waals surface area contributed by atoms with Crippen LogP contribution >= 0.6 is 11.3 Å². The normalized spacial score (nSPS) is 11.8. The Hall–Kier alpha value is -8.76. The van der Waals surface area contributed by atoms with Crippen LogP contribution in [0.15, 0.2) is 255 Å². The lowest BCUT2D eigenvalue weighted by atomic mass is 9.97. The maximum atomic E-state index is 2.42. The Kier molecular flexibility index (Phi) is 9.11. The van der Waals surface area contributed by atoms with Crippen LogP contribution in [0, 0.1) is 0 Å². The fourth-order valence-electron chi connectivity index (χ4n) is 10.8. The predicted molar refractivity (Wildman–Crippen MR) is 297 cm³/mol. The van der Waals surface area contributed by atoms with Gasteiger partial charge in [0.2, 0.25) is 0 Å². The number of benzene rings is 12. The summed E-state index contributed by atoms with van der Waals surface area (Å²) in [6, 6.07) is 93.6. The zero-order chi connectivity index (χ0) is 45.4. The first-order valence-corrected chi connectivity index (χ1v) is 24.5. The van der Waals surface area contributed by atoms with E-state index in [1.807, 2.05) is 11.3 Å². The smallest absolute Gasteiger partial charge is 0.0541 e. The summed E-state index contributed by atoms with van der Waals surface area (Å²) in [5.74, 6) is 0. The van der Waals surface area contributed by atoms with Crippen molar-refractivity contribution >= 4 is 103 Å². The molecule has 2 aromatic heterocycles. The molecule has 2 nitrogen and oxygen atoms in total. The molecule has 0 amide bonds. The van der Waals surface area contributed by atoms with E-state index in [2.05, 4.69) is 264 Å². The van der Waals surface area contributed by atoms with E-state index in [1.165, 1.54) is 102 Å². The lowest BCUT2D eigenvalue weighted by molar-refractivity contribution is 1.18. The van der Waals surface area contributed by atoms with Crippen molar-refractivity contribution in [2.45, 2.75) is 0 Å². The Morgan fingerprint density at radius 2 is 0.739 bits per heavy atom. The summed E-state index contributed by atoms with van der Waals surface area (Å²) in [5, 5.41) is 12.8. The number of rotatable bonds is 7. The van der Waals surface area contributed by atoms with E-state index in [0.29, 0.717) is 0 Å². The van der Waals surface area contributed by atoms with E-state index in [0.717, 1.165) is 28.3 Å². The summed E-state index contributed by atoms with van der Waals surface area (Å²) in [4.78, 5) is 2.38. The number of nitrogens with zero attached hydrogens (tertiary/aromatic N) is 2. The van der Waals surface area contributed by atoms with Crippen molar-refractivity contribution in [3.63, 3.8) is 0 Å². The van der Waals surface area contributed by atoms with Gasteiger partial charge in [0.15, 0.2) is 0 Å². The second kappa shape index (κ2) is 16.0. The molecule has 0 bridgehead atoms. The van der Waals surface area contributed by atoms with Crippen LogP contribution in [0.2, 0.25) is 0 Å². The molecule has 0 aliphatic rings. The zero-order valence-corrected chi connectivity index (χ0v) is 38.4. The largest absolute Gasteiger partial charge is 0.311 e. The zero-order valence-electron chi connectivity index (χ0n) is 37.6. The third-order valence-corrected chi connectivity index (χ3v) is 15.4. The number of para-hydroxylation sites is 3. The van der Waals surface area contributed by atoms with Gasteiger partial charge in [-0.1, -0.05) is 188 Å². The van der Waals surface area contributed by atoms with Crippen molar-refractivity contribution in [3.05, 3.63) is 255 Å². The van der Waals surface area contributed by atoms with Crippen molar-refractivity contribution in [1.29, 1.82) is 0 Å². The topological polar surface area (TPSA) is 8.17 Å². The highest BCUT2D eigenvalue weighted by Gasteiger charge is 2.18. The first-order valence-electron chi connectivity index (χ1n) is 23.6. The minimum absolute atomic E-state index is 1.09. The molecule has 69 heavy (non-hydrogen) atoms. The number of hydrogen-bond donors (Lipinski definition) is 0. The Balaban J connectivity index is 0.849. The van der Waals surface area contributed by atoms with E-state index >= 15 is 0 Å². The predicted octanol–water partition coefficient (Wildman–Crippen LogP) is 19.1. The lowest BCUT2D eigenvalue weighted by Gasteiger charge is -2.26. The summed E-state index contributed by atoms with van der Waals surface area (Å²) >= 11 is 1.89. The number of aromatic nitrogens is 1. The van der Waals surface area contributed by atoms with Gasteiger partial charge in [0.05, 0.1) is 16.7 Å². The Morgan fingerprint density at radius 3 is 1.41 bits per heavy atom. The standard InChI is InChI=1S/C66H42N2S/c1-3-13-54-45(11-1)21-22-50-41-48(30-38-55(50)54)43-23-32-51(33-24-43)67(52-34-25-44(26-35-52)49-31-39-60-61-40-29-46-12-2-4-15-57(46)66(61)69-65(60)42-49)53-36-27-47(28-37-53)56-14-5-8-18-62(56)68-63-19-9-6-16-58(63)59-17-7-10-20-64(59)68/h1-42H. The molecule has 14 rings (SSSR count). The van der Waals surface area contributed by atoms with Crippen LogP contribution in [0.4, 0.5) is 17.1 Å². The summed E-state index contributed by atoms with van der Waals surface area (Å²) in [6.45, 7) is 0. The van der Waals surface area contributed by atoms with Crippen molar-refractivity contribution in [2.75, 3.05) is 4.90 Å². The van der Waals surface area contributed by atoms with Crippen LogP contribution in [0.1, 0.15) is 0 Å². The molecular formula is C66H42N2S. The third kappa shape index (κ3) is 6.54. The van der Waals surface area contributed by atoms with E-state index in [9.17, 15) is 0 Å². The number of hydrogen-bond acceptors (Lipinski definition) is 2. The molecule has 3 heteroatoms. The first-order chi connectivity index (χ1) is 34.2. The fraction of sp³-hybridized carbons (Fsp3) is 0. The highest BCUT2D eigenvalue weighted by Crippen LogP contribution is 2.43. The van der Waals surface area contributed by atoms with E-state index in [-0.39, 0.29) is 0 Å². The van der Waals surface area contributed by atoms with Gasteiger partial charge < -0.3 is 9.47 Å². The van der Waals surface area contributed by atoms with Crippen molar-refractivity contribution in [1.82, 2.24) is 4.57 Å². The van der Waals surface area contributed by atoms with Crippen molar-refractivity contribution in [2.24, 2.45) is 0 Å². The molecule has 0 atom stereocenters. The van der Waals surface area contributed by atoms with Gasteiger partial charge in [-0.3, -0.25) is 0 Å². The number of fused-ring (bicyclic) bond motifs is 11. The van der Waals surface area contributed by atoms with Crippen LogP contribution < -0.4 is 4.90 Å². The van der Waals surface area contributed by atoms with Gasteiger partial charge in [-0.25, -0.2) is 0 Å². The molecule has 0 fully saturated rings. The van der Waals surface area contributed by atoms with Gasteiger partial charge in [0.1, 0.15) is 0 Å². The molecule has 0 aliphatic carbocycles. The van der Waals surface area contributed by atoms with E-state index in [4.69, 9.17) is 0 Å². The monoisotopic (exact) mass is 894 g/mol. The highest BCUT2D eigenvalue weighted by molar-refractivity contribution is 7.26. The maximum Gasteiger partial charge on any atom is 0.0541 e. The summed E-state index contributed by atoms with van der Waals surface area (Å²) in [6.07, 6.45) is 0. The van der Waals surface area contributed by atoms with Crippen LogP contribution in [-0.4, -0.2) is 4.57 Å². The second-order valence-corrected chi connectivity index (χ2v) is 19.1. The second-order valence-electron chi connectivity index (χ2n) is 18.1. The van der Waals surface area contributed by atoms with Gasteiger partial charge in [-0.15, -0.1) is 11.3 Å². The van der Waals surface area contributed by atoms with Gasteiger partial charge in [-0.05, 0) is 127 Å². The lowest BCUT2D eigenvalue weighted by Crippen LogP contribution is -2.09. The quantitative estimate of drug-likeness (QED) is 0.145. The minimum Gasteiger partial charge on any atom is -0.311 e. The highest BCUT2D eigenvalue weighted by atomic mass is 32.1. The minimum atomic E-state index is 1.09. The average Bonchev–Trinajstić information content (AvgIpc) is 3.97. The van der Waals surface area contributed by atoms with Gasteiger partial charge in [0.25, 0.3) is 0 Å². The molecular weight excluding hydrogens is 853 g/mol. The Morgan fingerprint density at radius 1 is 0.290 bits per heavy atom. The molecule has 0 saturated heterocycles. The number of thiophene rings is 1. The van der Waals surface area contributed by atoms with Crippen LogP contribution in [0.25, 0.3) is 113 Å². The number of anilines is 3. The third-order valence-electron chi connectivity index (χ3n) is 14.2. The molecule has 0 N–H and O–H groups in total.